The summed E-state index contributed by atoms with van der Waals surface area (Å²) in [4.78, 5) is 25.2. The summed E-state index contributed by atoms with van der Waals surface area (Å²) in [7, 11) is 1.77. The molecule has 0 aromatic heterocycles. The van der Waals surface area contributed by atoms with Crippen LogP contribution in [-0.2, 0) is 9.59 Å². The summed E-state index contributed by atoms with van der Waals surface area (Å²) >= 11 is 0. The second-order valence-corrected chi connectivity index (χ2v) is 6.30. The maximum atomic E-state index is 13.0. The van der Waals surface area contributed by atoms with Crippen LogP contribution in [0, 0.1) is 5.92 Å². The molecule has 1 aliphatic rings. The summed E-state index contributed by atoms with van der Waals surface area (Å²) in [5, 5.41) is 8.64. The van der Waals surface area contributed by atoms with Crippen molar-refractivity contribution >= 4 is 17.6 Å². The molecule has 1 saturated carbocycles. The summed E-state index contributed by atoms with van der Waals surface area (Å²) in [5.74, 6) is -0.183. The molecule has 0 radical (unpaired) electrons. The van der Waals surface area contributed by atoms with E-state index in [4.69, 9.17) is 9.84 Å². The smallest absolute Gasteiger partial charge is 0.341 e. The lowest BCUT2D eigenvalue weighted by Gasteiger charge is -2.24. The van der Waals surface area contributed by atoms with Crippen molar-refractivity contribution in [2.75, 3.05) is 18.6 Å². The van der Waals surface area contributed by atoms with E-state index in [0.717, 1.165) is 24.1 Å². The molecule has 2 aromatic carbocycles. The minimum Gasteiger partial charge on any atom is -0.482 e. The first-order chi connectivity index (χ1) is 12.1. The number of hydrogen-bond acceptors (Lipinski definition) is 3. The van der Waals surface area contributed by atoms with Crippen LogP contribution in [0.2, 0.25) is 0 Å². The van der Waals surface area contributed by atoms with Gasteiger partial charge in [-0.05, 0) is 48.6 Å². The number of aliphatic carboxylic acids is 1. The molecule has 5 nitrogen and oxygen atoms in total. The fourth-order valence-electron chi connectivity index (χ4n) is 2.95. The van der Waals surface area contributed by atoms with Crippen molar-refractivity contribution in [3.8, 4) is 5.75 Å². The van der Waals surface area contributed by atoms with Crippen LogP contribution in [0.15, 0.2) is 54.6 Å². The highest BCUT2D eigenvalue weighted by Crippen LogP contribution is 2.43. The monoisotopic (exact) mass is 339 g/mol. The van der Waals surface area contributed by atoms with Gasteiger partial charge in [0.25, 0.3) is 0 Å². The standard InChI is InChI=1S/C20H21NO4/c1-21(16-9-11-17(12-10-16)25-13-18(22)23)20(24)19(15-7-8-15)14-5-3-2-4-6-14/h2-6,9-12,15,19H,7-8,13H2,1H3,(H,22,23). The van der Waals surface area contributed by atoms with Crippen molar-refractivity contribution in [2.45, 2.75) is 18.8 Å². The Labute approximate surface area is 146 Å². The SMILES string of the molecule is CN(C(=O)C(c1ccccc1)C1CC1)c1ccc(OCC(=O)O)cc1. The van der Waals surface area contributed by atoms with Crippen LogP contribution in [0.25, 0.3) is 0 Å². The van der Waals surface area contributed by atoms with Gasteiger partial charge >= 0.3 is 5.97 Å². The third-order valence-electron chi connectivity index (χ3n) is 4.44. The van der Waals surface area contributed by atoms with Gasteiger partial charge in [-0.15, -0.1) is 0 Å². The van der Waals surface area contributed by atoms with E-state index in [2.05, 4.69) is 0 Å². The molecule has 0 heterocycles. The molecule has 1 atom stereocenters. The number of carbonyl (C=O) groups is 2. The fraction of sp³-hybridized carbons (Fsp3) is 0.300. The largest absolute Gasteiger partial charge is 0.482 e. The Hall–Kier alpha value is -2.82. The van der Waals surface area contributed by atoms with Crippen molar-refractivity contribution < 1.29 is 19.4 Å². The summed E-state index contributed by atoms with van der Waals surface area (Å²) in [6, 6.07) is 16.8. The van der Waals surface area contributed by atoms with E-state index in [1.807, 2.05) is 30.3 Å². The Morgan fingerprint density at radius 1 is 1.12 bits per heavy atom. The van der Waals surface area contributed by atoms with Crippen LogP contribution in [0.3, 0.4) is 0 Å². The molecule has 1 unspecified atom stereocenters. The molecule has 2 aromatic rings. The molecule has 5 heteroatoms. The number of rotatable bonds is 7. The first kappa shape index (κ1) is 17.0. The highest BCUT2D eigenvalue weighted by atomic mass is 16.5. The molecule has 25 heavy (non-hydrogen) atoms. The van der Waals surface area contributed by atoms with Crippen LogP contribution in [0.4, 0.5) is 5.69 Å². The Morgan fingerprint density at radius 2 is 1.76 bits per heavy atom. The number of amides is 1. The van der Waals surface area contributed by atoms with E-state index in [9.17, 15) is 9.59 Å². The predicted molar refractivity (Wildman–Crippen MR) is 94.9 cm³/mol. The van der Waals surface area contributed by atoms with Gasteiger partial charge in [0.15, 0.2) is 6.61 Å². The zero-order valence-corrected chi connectivity index (χ0v) is 14.1. The minimum absolute atomic E-state index is 0.0768. The second-order valence-electron chi connectivity index (χ2n) is 6.30. The average molecular weight is 339 g/mol. The topological polar surface area (TPSA) is 66.8 Å². The maximum absolute atomic E-state index is 13.0. The zero-order valence-electron chi connectivity index (χ0n) is 14.1. The van der Waals surface area contributed by atoms with Crippen molar-refractivity contribution in [1.29, 1.82) is 0 Å². The van der Waals surface area contributed by atoms with Crippen molar-refractivity contribution in [3.05, 3.63) is 60.2 Å². The molecule has 0 aliphatic heterocycles. The van der Waals surface area contributed by atoms with Crippen LogP contribution in [0.5, 0.6) is 5.75 Å². The quantitative estimate of drug-likeness (QED) is 0.840. The molecule has 130 valence electrons. The van der Waals surface area contributed by atoms with E-state index in [0.29, 0.717) is 11.7 Å². The van der Waals surface area contributed by atoms with Gasteiger partial charge in [0.05, 0.1) is 5.92 Å². The molecule has 0 bridgehead atoms. The molecule has 0 saturated heterocycles. The Balaban J connectivity index is 1.73. The molecular weight excluding hydrogens is 318 g/mol. The van der Waals surface area contributed by atoms with Gasteiger partial charge in [0.1, 0.15) is 5.75 Å². The van der Waals surface area contributed by atoms with E-state index >= 15 is 0 Å². The lowest BCUT2D eigenvalue weighted by Crippen LogP contribution is -2.32. The number of hydrogen-bond donors (Lipinski definition) is 1. The van der Waals surface area contributed by atoms with E-state index in [1.165, 1.54) is 0 Å². The van der Waals surface area contributed by atoms with Gasteiger partial charge in [-0.1, -0.05) is 30.3 Å². The lowest BCUT2D eigenvalue weighted by atomic mass is 9.92. The number of carboxylic acids is 1. The minimum atomic E-state index is -1.02. The number of nitrogens with zero attached hydrogens (tertiary/aromatic N) is 1. The zero-order chi connectivity index (χ0) is 17.8. The lowest BCUT2D eigenvalue weighted by molar-refractivity contribution is -0.139. The van der Waals surface area contributed by atoms with Gasteiger partial charge < -0.3 is 14.7 Å². The van der Waals surface area contributed by atoms with E-state index < -0.39 is 5.97 Å². The predicted octanol–water partition coefficient (Wildman–Crippen LogP) is 3.31. The average Bonchev–Trinajstić information content (AvgIpc) is 3.46. The highest BCUT2D eigenvalue weighted by Gasteiger charge is 2.38. The third-order valence-corrected chi connectivity index (χ3v) is 4.44. The first-order valence-electron chi connectivity index (χ1n) is 8.33. The number of ether oxygens (including phenoxy) is 1. The molecule has 3 rings (SSSR count). The Kier molecular flexibility index (Phi) is 5.03. The van der Waals surface area contributed by atoms with Gasteiger partial charge in [-0.3, -0.25) is 4.79 Å². The van der Waals surface area contributed by atoms with Crippen LogP contribution >= 0.6 is 0 Å². The molecule has 1 aliphatic carbocycles. The third kappa shape index (κ3) is 4.18. The number of likely N-dealkylation sites (N-methyl/N-ethyl adjacent to an activating group) is 1. The maximum Gasteiger partial charge on any atom is 0.341 e. The summed E-state index contributed by atoms with van der Waals surface area (Å²) in [6.45, 7) is -0.383. The molecule has 1 N–H and O–H groups in total. The molecular formula is C20H21NO4. The van der Waals surface area contributed by atoms with Gasteiger partial charge in [0.2, 0.25) is 5.91 Å². The van der Waals surface area contributed by atoms with Gasteiger partial charge in [-0.25, -0.2) is 4.79 Å². The fourth-order valence-corrected chi connectivity index (χ4v) is 2.95. The van der Waals surface area contributed by atoms with Gasteiger partial charge in [-0.2, -0.15) is 0 Å². The number of carboxylic acid groups (broad SMARTS) is 1. The van der Waals surface area contributed by atoms with Gasteiger partial charge in [0, 0.05) is 12.7 Å². The molecule has 0 spiro atoms. The second kappa shape index (κ2) is 7.38. The van der Waals surface area contributed by atoms with Crippen LogP contribution in [-0.4, -0.2) is 30.6 Å². The number of benzene rings is 2. The van der Waals surface area contributed by atoms with Crippen LogP contribution in [0.1, 0.15) is 24.3 Å². The first-order valence-corrected chi connectivity index (χ1v) is 8.33. The van der Waals surface area contributed by atoms with E-state index in [1.54, 1.807) is 36.2 Å². The van der Waals surface area contributed by atoms with Crippen molar-refractivity contribution in [3.63, 3.8) is 0 Å². The normalized spacial score (nSPS) is 14.6. The van der Waals surface area contributed by atoms with Crippen molar-refractivity contribution in [1.82, 2.24) is 0 Å². The van der Waals surface area contributed by atoms with Crippen molar-refractivity contribution in [2.24, 2.45) is 5.92 Å². The summed E-state index contributed by atoms with van der Waals surface area (Å²) in [6.07, 6.45) is 2.17. The highest BCUT2D eigenvalue weighted by molar-refractivity contribution is 5.98. The Morgan fingerprint density at radius 3 is 2.32 bits per heavy atom. The Bertz CT molecular complexity index is 738. The van der Waals surface area contributed by atoms with E-state index in [-0.39, 0.29) is 18.4 Å². The summed E-state index contributed by atoms with van der Waals surface area (Å²) in [5.41, 5.74) is 1.82. The number of carbonyl (C=O) groups excluding carboxylic acids is 1. The number of anilines is 1. The summed E-state index contributed by atoms with van der Waals surface area (Å²) < 4.78 is 5.12. The molecule has 1 amide bonds. The molecule has 1 fully saturated rings. The van der Waals surface area contributed by atoms with Crippen LogP contribution < -0.4 is 9.64 Å².